The number of aryl methyl sites for hydroxylation is 1. The number of phenols is 1. The monoisotopic (exact) mass is 454 g/mol. The first-order chi connectivity index (χ1) is 15.8. The fourth-order valence-corrected chi connectivity index (χ4v) is 3.56. The van der Waals surface area contributed by atoms with Crippen LogP contribution in [0.15, 0.2) is 52.8 Å². The van der Waals surface area contributed by atoms with E-state index in [2.05, 4.69) is 31.8 Å². The number of aromatic hydroxyl groups is 1. The maximum absolute atomic E-state index is 11.5. The largest absolute Gasteiger partial charge is 0.508 e. The van der Waals surface area contributed by atoms with Crippen molar-refractivity contribution < 1.29 is 19.4 Å². The van der Waals surface area contributed by atoms with E-state index < -0.39 is 0 Å². The molecule has 0 aliphatic carbocycles. The Morgan fingerprint density at radius 1 is 1.27 bits per heavy atom. The Labute approximate surface area is 198 Å². The summed E-state index contributed by atoms with van der Waals surface area (Å²) in [6, 6.07) is 3.60. The number of rotatable bonds is 9. The molecule has 1 saturated heterocycles. The molecule has 1 fully saturated rings. The van der Waals surface area contributed by atoms with Crippen LogP contribution in [0.25, 0.3) is 6.08 Å². The van der Waals surface area contributed by atoms with Crippen molar-refractivity contribution in [1.29, 1.82) is 0 Å². The first kappa shape index (κ1) is 28.1. The minimum atomic E-state index is 0.124. The predicted octanol–water partition coefficient (Wildman–Crippen LogP) is 4.34. The molecule has 1 aliphatic heterocycles. The van der Waals surface area contributed by atoms with Gasteiger partial charge in [0.05, 0.1) is 6.61 Å². The molecule has 2 N–H and O–H groups in total. The average molecular weight is 455 g/mol. The van der Waals surface area contributed by atoms with Crippen LogP contribution in [0.5, 0.6) is 5.75 Å². The van der Waals surface area contributed by atoms with E-state index in [1.54, 1.807) is 6.07 Å². The van der Waals surface area contributed by atoms with Crippen LogP contribution in [0.4, 0.5) is 0 Å². The van der Waals surface area contributed by atoms with Crippen molar-refractivity contribution in [3.63, 3.8) is 0 Å². The molecule has 1 aliphatic rings. The lowest BCUT2D eigenvalue weighted by molar-refractivity contribution is -0.107. The fraction of sp³-hybridized carbons (Fsp3) is 0.407. The van der Waals surface area contributed by atoms with Crippen molar-refractivity contribution in [3.05, 3.63) is 69.5 Å². The van der Waals surface area contributed by atoms with Crippen LogP contribution in [-0.4, -0.2) is 56.9 Å². The second-order valence-electron chi connectivity index (χ2n) is 8.04. The first-order valence-electron chi connectivity index (χ1n) is 11.2. The zero-order valence-corrected chi connectivity index (χ0v) is 20.8. The van der Waals surface area contributed by atoms with Crippen molar-refractivity contribution in [2.24, 2.45) is 0 Å². The van der Waals surface area contributed by atoms with Gasteiger partial charge < -0.3 is 24.9 Å². The van der Waals surface area contributed by atoms with Crippen LogP contribution in [0.2, 0.25) is 0 Å². The Hall–Kier alpha value is -2.96. The van der Waals surface area contributed by atoms with Crippen molar-refractivity contribution in [2.75, 3.05) is 34.4 Å². The maximum Gasteiger partial charge on any atom is 0.148 e. The van der Waals surface area contributed by atoms with Gasteiger partial charge in [-0.25, -0.2) is 0 Å². The van der Waals surface area contributed by atoms with E-state index in [0.29, 0.717) is 24.2 Å². The Kier molecular flexibility index (Phi) is 12.1. The third-order valence-electron chi connectivity index (χ3n) is 5.21. The third kappa shape index (κ3) is 7.55. The highest BCUT2D eigenvalue weighted by molar-refractivity contribution is 5.78. The van der Waals surface area contributed by atoms with E-state index in [0.717, 1.165) is 46.1 Å². The number of hydrogen-bond acceptors (Lipinski definition) is 6. The van der Waals surface area contributed by atoms with Crippen LogP contribution in [0.3, 0.4) is 0 Å². The third-order valence-corrected chi connectivity index (χ3v) is 5.21. The average Bonchev–Trinajstić information content (AvgIpc) is 3.04. The molecule has 33 heavy (non-hydrogen) atoms. The van der Waals surface area contributed by atoms with E-state index in [9.17, 15) is 14.7 Å². The highest BCUT2D eigenvalue weighted by atomic mass is 16.5. The standard InChI is InChI=1S/C24H30N2O4.C3H8/c1-16-6-7-24(29)22(12-25-3)21(16)10-19-13-26(4)23(17(19)2)11-18(8-9-27)20(14-28)15-30-5;1-3-2/h6-7,9-11,14,25,29H,2,8,12-13,15H2,1,3-5H3;3H2,1-2H3/b19-10-,20-18+,23-11-;. The number of nitrogens with one attached hydrogen (secondary N) is 1. The van der Waals surface area contributed by atoms with Gasteiger partial charge in [-0.15, -0.1) is 0 Å². The number of likely N-dealkylation sites (tertiary alicyclic amines) is 1. The predicted molar refractivity (Wildman–Crippen MR) is 135 cm³/mol. The Morgan fingerprint density at radius 3 is 2.48 bits per heavy atom. The molecule has 0 bridgehead atoms. The lowest BCUT2D eigenvalue weighted by Crippen LogP contribution is -2.12. The minimum Gasteiger partial charge on any atom is -0.508 e. The molecule has 1 aromatic rings. The lowest BCUT2D eigenvalue weighted by Gasteiger charge is -2.13. The van der Waals surface area contributed by atoms with Gasteiger partial charge in [-0.05, 0) is 60.0 Å². The number of benzene rings is 1. The van der Waals surface area contributed by atoms with Crippen LogP contribution < -0.4 is 5.32 Å². The van der Waals surface area contributed by atoms with Gasteiger partial charge in [-0.1, -0.05) is 32.9 Å². The molecule has 2 rings (SSSR count). The molecule has 6 heteroatoms. The van der Waals surface area contributed by atoms with Gasteiger partial charge in [-0.2, -0.15) is 0 Å². The number of likely N-dealkylation sites (N-methyl/N-ethyl adjacent to an activating group) is 1. The molecule has 180 valence electrons. The minimum absolute atomic E-state index is 0.124. The summed E-state index contributed by atoms with van der Waals surface area (Å²) in [5, 5.41) is 13.4. The Bertz CT molecular complexity index is 942. The molecule has 0 spiro atoms. The number of aldehydes is 2. The van der Waals surface area contributed by atoms with Crippen molar-refractivity contribution >= 4 is 18.6 Å². The summed E-state index contributed by atoms with van der Waals surface area (Å²) in [6.45, 7) is 11.8. The summed E-state index contributed by atoms with van der Waals surface area (Å²) in [4.78, 5) is 24.6. The summed E-state index contributed by atoms with van der Waals surface area (Å²) in [7, 11) is 5.29. The van der Waals surface area contributed by atoms with E-state index in [4.69, 9.17) is 4.74 Å². The molecule has 0 saturated carbocycles. The molecular formula is C27H38N2O4. The quantitative estimate of drug-likeness (QED) is 0.427. The molecular weight excluding hydrogens is 416 g/mol. The normalized spacial score (nSPS) is 16.5. The van der Waals surface area contributed by atoms with Gasteiger partial charge in [-0.3, -0.25) is 4.79 Å². The summed E-state index contributed by atoms with van der Waals surface area (Å²) < 4.78 is 5.09. The summed E-state index contributed by atoms with van der Waals surface area (Å²) in [5.41, 5.74) is 6.60. The van der Waals surface area contributed by atoms with Gasteiger partial charge in [0.15, 0.2) is 0 Å². The summed E-state index contributed by atoms with van der Waals surface area (Å²) in [5.74, 6) is 0.251. The molecule has 0 radical (unpaired) electrons. The number of allylic oxidation sites excluding steroid dienone is 3. The van der Waals surface area contributed by atoms with Crippen LogP contribution in [-0.2, 0) is 20.9 Å². The molecule has 0 aromatic heterocycles. The van der Waals surface area contributed by atoms with Gasteiger partial charge >= 0.3 is 0 Å². The smallest absolute Gasteiger partial charge is 0.148 e. The van der Waals surface area contributed by atoms with E-state index in [1.807, 2.05) is 38.1 Å². The number of methoxy groups -OCH3 is 1. The number of ether oxygens (including phenoxy) is 1. The van der Waals surface area contributed by atoms with Gasteiger partial charge in [0.2, 0.25) is 0 Å². The number of hydrogen-bond donors (Lipinski definition) is 2. The van der Waals surface area contributed by atoms with Crippen molar-refractivity contribution in [3.8, 4) is 5.75 Å². The number of carbonyl (C=O) groups is 2. The second kappa shape index (κ2) is 14.2. The molecule has 1 heterocycles. The Balaban J connectivity index is 0.00000172. The number of carbonyl (C=O) groups excluding carboxylic acids is 2. The zero-order valence-electron chi connectivity index (χ0n) is 20.8. The molecule has 1 aromatic carbocycles. The number of nitrogens with zero attached hydrogens (tertiary/aromatic N) is 1. The van der Waals surface area contributed by atoms with Crippen molar-refractivity contribution in [2.45, 2.75) is 40.2 Å². The number of phenolic OH excluding ortho intramolecular Hbond substituents is 1. The lowest BCUT2D eigenvalue weighted by atomic mass is 9.96. The van der Waals surface area contributed by atoms with Crippen LogP contribution in [0, 0.1) is 6.92 Å². The molecule has 0 unspecified atom stereocenters. The second-order valence-corrected chi connectivity index (χ2v) is 8.04. The van der Waals surface area contributed by atoms with E-state index >= 15 is 0 Å². The first-order valence-corrected chi connectivity index (χ1v) is 11.2. The molecule has 0 atom stereocenters. The van der Waals surface area contributed by atoms with Gasteiger partial charge in [0, 0.05) is 50.5 Å². The SMILES string of the molecule is C=C1/C(=C/C(CC=O)=C(\C=O)COC)N(C)C/C1=C/c1c(C)ccc(O)c1CNC.CCC. The summed E-state index contributed by atoms with van der Waals surface area (Å²) in [6.07, 6.45) is 6.78. The topological polar surface area (TPSA) is 78.9 Å². The Morgan fingerprint density at radius 2 is 1.94 bits per heavy atom. The van der Waals surface area contributed by atoms with Crippen LogP contribution in [0.1, 0.15) is 43.4 Å². The molecule has 6 nitrogen and oxygen atoms in total. The maximum atomic E-state index is 11.5. The van der Waals surface area contributed by atoms with Crippen molar-refractivity contribution in [1.82, 2.24) is 10.2 Å². The highest BCUT2D eigenvalue weighted by Crippen LogP contribution is 2.35. The summed E-state index contributed by atoms with van der Waals surface area (Å²) >= 11 is 0. The van der Waals surface area contributed by atoms with Gasteiger partial charge in [0.25, 0.3) is 0 Å². The highest BCUT2D eigenvalue weighted by Gasteiger charge is 2.24. The fourth-order valence-electron chi connectivity index (χ4n) is 3.56. The van der Waals surface area contributed by atoms with Crippen LogP contribution >= 0.6 is 0 Å². The zero-order chi connectivity index (χ0) is 25.0. The van der Waals surface area contributed by atoms with E-state index in [-0.39, 0.29) is 18.8 Å². The van der Waals surface area contributed by atoms with E-state index in [1.165, 1.54) is 13.5 Å². The molecule has 0 amide bonds. The van der Waals surface area contributed by atoms with Gasteiger partial charge in [0.1, 0.15) is 18.3 Å².